The van der Waals surface area contributed by atoms with Crippen LogP contribution in [0, 0.1) is 10.1 Å². The van der Waals surface area contributed by atoms with E-state index in [0.717, 1.165) is 0 Å². The third-order valence-corrected chi connectivity index (χ3v) is 3.21. The van der Waals surface area contributed by atoms with Gasteiger partial charge in [-0.1, -0.05) is 18.2 Å². The number of hydrogen-bond donors (Lipinski definition) is 2. The topological polar surface area (TPSA) is 119 Å². The highest BCUT2D eigenvalue weighted by Gasteiger charge is 2.20. The molecule has 8 nitrogen and oxygen atoms in total. The summed E-state index contributed by atoms with van der Waals surface area (Å²) < 4.78 is 0. The van der Waals surface area contributed by atoms with Crippen LogP contribution in [0.3, 0.4) is 0 Å². The maximum atomic E-state index is 11.6. The van der Waals surface area contributed by atoms with Crippen LogP contribution < -0.4 is 11.1 Å². The number of nitrogens with one attached hydrogen (secondary N) is 1. The summed E-state index contributed by atoms with van der Waals surface area (Å²) in [6, 6.07) is 4.98. The Morgan fingerprint density at radius 2 is 2.05 bits per heavy atom. The molecule has 0 aliphatic carbocycles. The Bertz CT molecular complexity index is 547. The average Bonchev–Trinajstić information content (AvgIpc) is 2.43. The number of nitro benzene ring substituents is 1. The van der Waals surface area contributed by atoms with Gasteiger partial charge in [0.15, 0.2) is 0 Å². The number of urea groups is 1. The molecule has 3 amide bonds. The van der Waals surface area contributed by atoms with Crippen molar-refractivity contribution in [1.82, 2.24) is 10.2 Å². The minimum atomic E-state index is -0.904. The molecule has 114 valence electrons. The Kier molecular flexibility index (Phi) is 5.79. The van der Waals surface area contributed by atoms with Crippen LogP contribution in [0.1, 0.15) is 12.5 Å². The normalized spacial score (nSPS) is 12.0. The summed E-state index contributed by atoms with van der Waals surface area (Å²) >= 11 is 0. The van der Waals surface area contributed by atoms with E-state index in [4.69, 9.17) is 5.73 Å². The van der Waals surface area contributed by atoms with E-state index in [1.54, 1.807) is 37.1 Å². The molecule has 0 aromatic heterocycles. The van der Waals surface area contributed by atoms with Gasteiger partial charge in [-0.3, -0.25) is 25.1 Å². The first-order valence-electron chi connectivity index (χ1n) is 6.35. The van der Waals surface area contributed by atoms with Crippen LogP contribution in [0.25, 0.3) is 0 Å². The maximum Gasteiger partial charge on any atom is 0.318 e. The molecule has 0 heterocycles. The van der Waals surface area contributed by atoms with Gasteiger partial charge in [-0.25, -0.2) is 4.79 Å². The first kappa shape index (κ1) is 16.6. The standard InChI is InChI=1S/C13H18N4O4/c1-9(12(18)15-13(14)19)16(2)8-7-10-5-3-4-6-11(10)17(20)21/h3-6,9H,7-8H2,1-2H3,(H3,14,15,18,19)/t9-/m1/s1. The molecule has 0 radical (unpaired) electrons. The number of rotatable bonds is 6. The molecule has 0 saturated carbocycles. The van der Waals surface area contributed by atoms with E-state index in [-0.39, 0.29) is 5.69 Å². The number of carbonyl (C=O) groups is 2. The van der Waals surface area contributed by atoms with E-state index in [1.807, 2.05) is 5.32 Å². The largest absolute Gasteiger partial charge is 0.351 e. The monoisotopic (exact) mass is 294 g/mol. The van der Waals surface area contributed by atoms with Gasteiger partial charge in [0.2, 0.25) is 5.91 Å². The quantitative estimate of drug-likeness (QED) is 0.590. The Labute approximate surface area is 122 Å². The van der Waals surface area contributed by atoms with Crippen molar-refractivity contribution < 1.29 is 14.5 Å². The maximum absolute atomic E-state index is 11.6. The van der Waals surface area contributed by atoms with E-state index in [1.165, 1.54) is 6.07 Å². The zero-order valence-corrected chi connectivity index (χ0v) is 11.9. The molecule has 21 heavy (non-hydrogen) atoms. The van der Waals surface area contributed by atoms with Crippen molar-refractivity contribution in [1.29, 1.82) is 0 Å². The molecule has 1 aromatic rings. The van der Waals surface area contributed by atoms with Gasteiger partial charge in [0.05, 0.1) is 11.0 Å². The lowest BCUT2D eigenvalue weighted by Gasteiger charge is -2.23. The lowest BCUT2D eigenvalue weighted by molar-refractivity contribution is -0.385. The predicted molar refractivity (Wildman–Crippen MR) is 76.6 cm³/mol. The Morgan fingerprint density at radius 3 is 2.62 bits per heavy atom. The summed E-state index contributed by atoms with van der Waals surface area (Å²) in [7, 11) is 1.69. The minimum Gasteiger partial charge on any atom is -0.351 e. The van der Waals surface area contributed by atoms with Gasteiger partial charge in [-0.15, -0.1) is 0 Å². The summed E-state index contributed by atoms with van der Waals surface area (Å²) in [5, 5.41) is 12.9. The van der Waals surface area contributed by atoms with E-state index < -0.39 is 22.9 Å². The number of imide groups is 1. The highest BCUT2D eigenvalue weighted by atomic mass is 16.6. The number of nitrogens with two attached hydrogens (primary N) is 1. The van der Waals surface area contributed by atoms with Gasteiger partial charge >= 0.3 is 6.03 Å². The van der Waals surface area contributed by atoms with Crippen molar-refractivity contribution in [2.45, 2.75) is 19.4 Å². The minimum absolute atomic E-state index is 0.0557. The van der Waals surface area contributed by atoms with Gasteiger partial charge in [-0.05, 0) is 20.4 Å². The number of benzene rings is 1. The summed E-state index contributed by atoms with van der Waals surface area (Å²) in [5.41, 5.74) is 5.54. The molecule has 0 aliphatic rings. The van der Waals surface area contributed by atoms with Crippen molar-refractivity contribution in [2.75, 3.05) is 13.6 Å². The van der Waals surface area contributed by atoms with Crippen LogP contribution in [0.4, 0.5) is 10.5 Å². The van der Waals surface area contributed by atoms with Gasteiger partial charge in [0, 0.05) is 18.2 Å². The summed E-state index contributed by atoms with van der Waals surface area (Å²) in [6.45, 7) is 2.05. The fraction of sp³-hybridized carbons (Fsp3) is 0.385. The summed E-state index contributed by atoms with van der Waals surface area (Å²) in [5.74, 6) is -0.507. The Morgan fingerprint density at radius 1 is 1.43 bits per heavy atom. The average molecular weight is 294 g/mol. The van der Waals surface area contributed by atoms with Gasteiger partial charge in [0.1, 0.15) is 0 Å². The second-order valence-corrected chi connectivity index (χ2v) is 4.65. The van der Waals surface area contributed by atoms with E-state index in [9.17, 15) is 19.7 Å². The Hall–Kier alpha value is -2.48. The molecular weight excluding hydrogens is 276 g/mol. The summed E-state index contributed by atoms with van der Waals surface area (Å²) in [6.07, 6.45) is 0.418. The van der Waals surface area contributed by atoms with Crippen molar-refractivity contribution >= 4 is 17.6 Å². The van der Waals surface area contributed by atoms with Crippen molar-refractivity contribution in [2.24, 2.45) is 5.73 Å². The van der Waals surface area contributed by atoms with Crippen LogP contribution in [-0.2, 0) is 11.2 Å². The molecule has 1 aromatic carbocycles. The van der Waals surface area contributed by atoms with Crippen LogP contribution in [0.2, 0.25) is 0 Å². The van der Waals surface area contributed by atoms with Crippen LogP contribution in [-0.4, -0.2) is 41.4 Å². The molecule has 0 bridgehead atoms. The molecule has 8 heteroatoms. The van der Waals surface area contributed by atoms with Crippen molar-refractivity contribution in [3.05, 3.63) is 39.9 Å². The van der Waals surface area contributed by atoms with Crippen LogP contribution in [0.5, 0.6) is 0 Å². The van der Waals surface area contributed by atoms with Crippen LogP contribution >= 0.6 is 0 Å². The smallest absolute Gasteiger partial charge is 0.318 e. The second-order valence-electron chi connectivity index (χ2n) is 4.65. The first-order valence-corrected chi connectivity index (χ1v) is 6.35. The first-order chi connectivity index (χ1) is 9.82. The number of amides is 3. The second kappa shape index (κ2) is 7.34. The SMILES string of the molecule is C[C@H](C(=O)NC(N)=O)N(C)CCc1ccccc1[N+](=O)[O-]. The molecule has 0 spiro atoms. The number of nitro groups is 1. The van der Waals surface area contributed by atoms with Crippen LogP contribution in [0.15, 0.2) is 24.3 Å². The molecule has 3 N–H and O–H groups in total. The number of primary amides is 1. The number of likely N-dealkylation sites (N-methyl/N-ethyl adjacent to an activating group) is 1. The molecule has 0 aliphatic heterocycles. The fourth-order valence-electron chi connectivity index (χ4n) is 1.82. The third kappa shape index (κ3) is 4.84. The zero-order valence-electron chi connectivity index (χ0n) is 11.9. The van der Waals surface area contributed by atoms with E-state index in [2.05, 4.69) is 0 Å². The van der Waals surface area contributed by atoms with Crippen molar-refractivity contribution in [3.63, 3.8) is 0 Å². The number of nitrogens with zero attached hydrogens (tertiary/aromatic N) is 2. The highest BCUT2D eigenvalue weighted by Crippen LogP contribution is 2.18. The molecule has 1 atom stereocenters. The Balaban J connectivity index is 2.64. The molecular formula is C13H18N4O4. The fourth-order valence-corrected chi connectivity index (χ4v) is 1.82. The van der Waals surface area contributed by atoms with E-state index >= 15 is 0 Å². The highest BCUT2D eigenvalue weighted by molar-refractivity contribution is 5.96. The lowest BCUT2D eigenvalue weighted by atomic mass is 10.1. The number of para-hydroxylation sites is 1. The van der Waals surface area contributed by atoms with Crippen molar-refractivity contribution in [3.8, 4) is 0 Å². The third-order valence-electron chi connectivity index (χ3n) is 3.21. The molecule has 1 rings (SSSR count). The predicted octanol–water partition coefficient (Wildman–Crippen LogP) is 0.653. The van der Waals surface area contributed by atoms with Gasteiger partial charge in [-0.2, -0.15) is 0 Å². The number of hydrogen-bond acceptors (Lipinski definition) is 5. The van der Waals surface area contributed by atoms with Gasteiger partial charge < -0.3 is 5.73 Å². The summed E-state index contributed by atoms with van der Waals surface area (Å²) in [4.78, 5) is 34.4. The number of carbonyl (C=O) groups excluding carboxylic acids is 2. The molecule has 0 saturated heterocycles. The lowest BCUT2D eigenvalue weighted by Crippen LogP contribution is -2.47. The van der Waals surface area contributed by atoms with E-state index in [0.29, 0.717) is 18.5 Å². The molecule has 0 unspecified atom stereocenters. The molecule has 0 fully saturated rings. The van der Waals surface area contributed by atoms with Gasteiger partial charge in [0.25, 0.3) is 5.69 Å². The zero-order chi connectivity index (χ0) is 16.0.